The van der Waals surface area contributed by atoms with Crippen LogP contribution in [0.1, 0.15) is 18.4 Å². The van der Waals surface area contributed by atoms with Crippen LogP contribution in [0.5, 0.6) is 0 Å². The third-order valence-electron chi connectivity index (χ3n) is 4.68. The number of nitrogens with one attached hydrogen (secondary N) is 2. The molecule has 2 N–H and O–H groups in total. The Labute approximate surface area is 130 Å². The molecule has 2 atom stereocenters. The minimum atomic E-state index is 0.0490. The molecule has 114 valence electrons. The third-order valence-corrected chi connectivity index (χ3v) is 5.09. The monoisotopic (exact) mass is 307 g/mol. The summed E-state index contributed by atoms with van der Waals surface area (Å²) in [6.45, 7) is 5.51. The van der Waals surface area contributed by atoms with Gasteiger partial charge in [0.1, 0.15) is 0 Å². The van der Waals surface area contributed by atoms with Crippen LogP contribution in [-0.4, -0.2) is 43.0 Å². The summed E-state index contributed by atoms with van der Waals surface area (Å²) >= 11 is 6.09. The van der Waals surface area contributed by atoms with Crippen molar-refractivity contribution in [2.45, 2.75) is 25.8 Å². The van der Waals surface area contributed by atoms with Gasteiger partial charge in [-0.1, -0.05) is 17.7 Å². The Morgan fingerprint density at radius 2 is 2.33 bits per heavy atom. The van der Waals surface area contributed by atoms with Gasteiger partial charge in [0.05, 0.1) is 6.54 Å². The lowest BCUT2D eigenvalue weighted by Crippen LogP contribution is -2.48. The minimum absolute atomic E-state index is 0.0490. The number of benzene rings is 1. The van der Waals surface area contributed by atoms with Gasteiger partial charge in [0.2, 0.25) is 5.91 Å². The van der Waals surface area contributed by atoms with Crippen LogP contribution in [0, 0.1) is 12.8 Å². The molecule has 2 heterocycles. The second kappa shape index (κ2) is 6.34. The van der Waals surface area contributed by atoms with E-state index in [2.05, 4.69) is 15.5 Å². The van der Waals surface area contributed by atoms with Gasteiger partial charge in [-0.2, -0.15) is 0 Å². The van der Waals surface area contributed by atoms with Crippen LogP contribution < -0.4 is 10.6 Å². The summed E-state index contributed by atoms with van der Waals surface area (Å²) in [5.41, 5.74) is 1.73. The molecule has 1 amide bonds. The largest absolute Gasteiger partial charge is 0.325 e. The van der Waals surface area contributed by atoms with Crippen LogP contribution in [0.15, 0.2) is 18.2 Å². The lowest BCUT2D eigenvalue weighted by atomic mass is 9.92. The lowest BCUT2D eigenvalue weighted by molar-refractivity contribution is -0.118. The number of hydrogen-bond donors (Lipinski definition) is 2. The number of likely N-dealkylation sites (tertiary alicyclic amines) is 1. The number of piperidine rings is 1. The molecule has 2 saturated heterocycles. The third kappa shape index (κ3) is 3.23. The van der Waals surface area contributed by atoms with E-state index < -0.39 is 0 Å². The van der Waals surface area contributed by atoms with Crippen molar-refractivity contribution in [3.05, 3.63) is 28.8 Å². The molecule has 0 aliphatic carbocycles. The number of hydrogen-bond acceptors (Lipinski definition) is 3. The Hall–Kier alpha value is -1.10. The van der Waals surface area contributed by atoms with E-state index in [-0.39, 0.29) is 5.91 Å². The minimum Gasteiger partial charge on any atom is -0.325 e. The molecule has 0 bridgehead atoms. The molecule has 0 aromatic heterocycles. The van der Waals surface area contributed by atoms with Gasteiger partial charge in [0, 0.05) is 23.3 Å². The fraction of sp³-hybridized carbons (Fsp3) is 0.562. The topological polar surface area (TPSA) is 44.4 Å². The smallest absolute Gasteiger partial charge is 0.238 e. The number of nitrogens with zero attached hydrogens (tertiary/aromatic N) is 1. The summed E-state index contributed by atoms with van der Waals surface area (Å²) in [6.07, 6.45) is 2.47. The first kappa shape index (κ1) is 14.8. The average molecular weight is 308 g/mol. The molecule has 2 aliphatic rings. The van der Waals surface area contributed by atoms with Crippen molar-refractivity contribution in [3.8, 4) is 0 Å². The van der Waals surface area contributed by atoms with Crippen LogP contribution >= 0.6 is 11.6 Å². The molecule has 21 heavy (non-hydrogen) atoms. The molecule has 2 fully saturated rings. The van der Waals surface area contributed by atoms with Crippen LogP contribution in [0.3, 0.4) is 0 Å². The standard InChI is InChI=1S/C16H22ClN3O/c1-11-13(17)5-2-6-14(11)19-16(21)10-20-7-3-4-12-8-18-9-15(12)20/h2,5-6,12,15,18H,3-4,7-10H2,1H3,(H,19,21). The Bertz CT molecular complexity index is 534. The SMILES string of the molecule is Cc1c(Cl)cccc1NC(=O)CN1CCCC2CNCC21. The Morgan fingerprint density at radius 1 is 1.48 bits per heavy atom. The molecule has 0 spiro atoms. The molecule has 1 aromatic rings. The fourth-order valence-corrected chi connectivity index (χ4v) is 3.65. The van der Waals surface area contributed by atoms with Gasteiger partial charge in [-0.15, -0.1) is 0 Å². The van der Waals surface area contributed by atoms with Crippen LogP contribution in [0.4, 0.5) is 5.69 Å². The van der Waals surface area contributed by atoms with Crippen molar-refractivity contribution in [2.24, 2.45) is 5.92 Å². The number of anilines is 1. The molecule has 5 heteroatoms. The van der Waals surface area contributed by atoms with Crippen LogP contribution in [-0.2, 0) is 4.79 Å². The predicted octanol–water partition coefficient (Wildman–Crippen LogP) is 2.27. The Morgan fingerprint density at radius 3 is 3.19 bits per heavy atom. The summed E-state index contributed by atoms with van der Waals surface area (Å²) in [4.78, 5) is 14.6. The van der Waals surface area contributed by atoms with Crippen molar-refractivity contribution in [1.29, 1.82) is 0 Å². The summed E-state index contributed by atoms with van der Waals surface area (Å²) in [6, 6.07) is 6.12. The molecule has 2 aliphatic heterocycles. The maximum Gasteiger partial charge on any atom is 0.238 e. The van der Waals surface area contributed by atoms with Crippen molar-refractivity contribution < 1.29 is 4.79 Å². The van der Waals surface area contributed by atoms with E-state index in [0.29, 0.717) is 23.5 Å². The molecule has 1 aromatic carbocycles. The maximum atomic E-state index is 12.3. The zero-order valence-corrected chi connectivity index (χ0v) is 13.1. The van der Waals surface area contributed by atoms with Crippen molar-refractivity contribution in [1.82, 2.24) is 10.2 Å². The number of carbonyl (C=O) groups is 1. The first-order valence-electron chi connectivity index (χ1n) is 7.65. The first-order chi connectivity index (χ1) is 10.1. The number of halogens is 1. The van der Waals surface area contributed by atoms with Gasteiger partial charge in [-0.25, -0.2) is 0 Å². The van der Waals surface area contributed by atoms with E-state index in [1.165, 1.54) is 12.8 Å². The zero-order chi connectivity index (χ0) is 14.8. The number of amides is 1. The molecule has 2 unspecified atom stereocenters. The molecule has 4 nitrogen and oxygen atoms in total. The van der Waals surface area contributed by atoms with Gasteiger partial charge in [0.25, 0.3) is 0 Å². The molecular formula is C16H22ClN3O. The second-order valence-corrected chi connectivity index (χ2v) is 6.47. The first-order valence-corrected chi connectivity index (χ1v) is 8.02. The van der Waals surface area contributed by atoms with Gasteiger partial charge in [-0.3, -0.25) is 9.69 Å². The Balaban J connectivity index is 1.62. The van der Waals surface area contributed by atoms with Gasteiger partial charge >= 0.3 is 0 Å². The Kier molecular flexibility index (Phi) is 4.48. The van der Waals surface area contributed by atoms with Crippen LogP contribution in [0.2, 0.25) is 5.02 Å². The van der Waals surface area contributed by atoms with Crippen LogP contribution in [0.25, 0.3) is 0 Å². The van der Waals surface area contributed by atoms with Crippen molar-refractivity contribution in [3.63, 3.8) is 0 Å². The lowest BCUT2D eigenvalue weighted by Gasteiger charge is -2.36. The normalized spacial score (nSPS) is 25.6. The summed E-state index contributed by atoms with van der Waals surface area (Å²) in [5, 5.41) is 7.12. The summed E-state index contributed by atoms with van der Waals surface area (Å²) in [5.74, 6) is 0.757. The number of rotatable bonds is 3. The maximum absolute atomic E-state index is 12.3. The highest BCUT2D eigenvalue weighted by atomic mass is 35.5. The van der Waals surface area contributed by atoms with E-state index in [9.17, 15) is 4.79 Å². The summed E-state index contributed by atoms with van der Waals surface area (Å²) < 4.78 is 0. The van der Waals surface area contributed by atoms with E-state index in [4.69, 9.17) is 11.6 Å². The van der Waals surface area contributed by atoms with Gasteiger partial charge in [-0.05, 0) is 56.5 Å². The number of fused-ring (bicyclic) bond motifs is 1. The second-order valence-electron chi connectivity index (χ2n) is 6.06. The van der Waals surface area contributed by atoms with Crippen molar-refractivity contribution >= 4 is 23.2 Å². The fourth-order valence-electron chi connectivity index (χ4n) is 3.48. The predicted molar refractivity (Wildman–Crippen MR) is 85.8 cm³/mol. The van der Waals surface area contributed by atoms with E-state index in [0.717, 1.165) is 30.9 Å². The van der Waals surface area contributed by atoms with E-state index in [1.807, 2.05) is 25.1 Å². The summed E-state index contributed by atoms with van der Waals surface area (Å²) in [7, 11) is 0. The molecule has 0 saturated carbocycles. The van der Waals surface area contributed by atoms with E-state index >= 15 is 0 Å². The highest BCUT2D eigenvalue weighted by Crippen LogP contribution is 2.26. The number of carbonyl (C=O) groups excluding carboxylic acids is 1. The van der Waals surface area contributed by atoms with Gasteiger partial charge in [0.15, 0.2) is 0 Å². The zero-order valence-electron chi connectivity index (χ0n) is 12.4. The molecular weight excluding hydrogens is 286 g/mol. The van der Waals surface area contributed by atoms with Crippen molar-refractivity contribution in [2.75, 3.05) is 31.5 Å². The average Bonchev–Trinajstić information content (AvgIpc) is 2.93. The highest BCUT2D eigenvalue weighted by Gasteiger charge is 2.35. The molecule has 3 rings (SSSR count). The molecule has 0 radical (unpaired) electrons. The highest BCUT2D eigenvalue weighted by molar-refractivity contribution is 6.31. The van der Waals surface area contributed by atoms with E-state index in [1.54, 1.807) is 0 Å². The van der Waals surface area contributed by atoms with Gasteiger partial charge < -0.3 is 10.6 Å². The quantitative estimate of drug-likeness (QED) is 0.900.